The monoisotopic (exact) mass is 415 g/mol. The van der Waals surface area contributed by atoms with E-state index in [0.717, 1.165) is 44.6 Å². The number of carbonyl (C=O) groups is 1. The van der Waals surface area contributed by atoms with E-state index in [1.165, 1.54) is 32.1 Å². The van der Waals surface area contributed by atoms with Gasteiger partial charge in [0, 0.05) is 37.3 Å². The lowest BCUT2D eigenvalue weighted by molar-refractivity contribution is -0.134. The van der Waals surface area contributed by atoms with Crippen molar-refractivity contribution in [2.75, 3.05) is 24.5 Å². The largest absolute Gasteiger partial charge is 0.366 e. The van der Waals surface area contributed by atoms with Crippen molar-refractivity contribution in [3.8, 4) is 6.07 Å². The Hall–Kier alpha value is -1.73. The summed E-state index contributed by atoms with van der Waals surface area (Å²) >= 11 is 6.36. The van der Waals surface area contributed by atoms with Crippen molar-refractivity contribution in [3.05, 3.63) is 28.8 Å². The molecule has 29 heavy (non-hydrogen) atoms. The molecule has 5 heteroatoms. The van der Waals surface area contributed by atoms with Crippen LogP contribution in [0.25, 0.3) is 0 Å². The van der Waals surface area contributed by atoms with Gasteiger partial charge in [-0.1, -0.05) is 51.1 Å². The second kappa shape index (κ2) is 10.3. The summed E-state index contributed by atoms with van der Waals surface area (Å²) in [4.78, 5) is 17.4. The molecule has 0 spiro atoms. The summed E-state index contributed by atoms with van der Waals surface area (Å²) in [6.45, 7) is 6.83. The number of benzene rings is 1. The zero-order valence-corrected chi connectivity index (χ0v) is 18.6. The van der Waals surface area contributed by atoms with Crippen LogP contribution in [-0.4, -0.2) is 36.5 Å². The molecule has 2 fully saturated rings. The number of nitrogens with zero attached hydrogens (tertiary/aromatic N) is 3. The van der Waals surface area contributed by atoms with Gasteiger partial charge < -0.3 is 9.80 Å². The molecule has 4 nitrogen and oxygen atoms in total. The molecule has 158 valence electrons. The molecule has 2 atom stereocenters. The molecule has 0 aromatic heterocycles. The van der Waals surface area contributed by atoms with Crippen LogP contribution < -0.4 is 4.90 Å². The van der Waals surface area contributed by atoms with Crippen molar-refractivity contribution in [3.63, 3.8) is 0 Å². The molecule has 1 unspecified atom stereocenters. The van der Waals surface area contributed by atoms with Gasteiger partial charge in [-0.05, 0) is 49.8 Å². The number of halogens is 1. The van der Waals surface area contributed by atoms with Crippen LogP contribution in [0.4, 0.5) is 5.69 Å². The fourth-order valence-corrected chi connectivity index (χ4v) is 5.17. The van der Waals surface area contributed by atoms with Crippen molar-refractivity contribution in [2.45, 2.75) is 71.3 Å². The number of nitriles is 1. The summed E-state index contributed by atoms with van der Waals surface area (Å²) in [5.41, 5.74) is 1.60. The van der Waals surface area contributed by atoms with E-state index in [4.69, 9.17) is 11.6 Å². The normalized spacial score (nSPS) is 21.0. The van der Waals surface area contributed by atoms with E-state index in [-0.39, 0.29) is 5.92 Å². The van der Waals surface area contributed by atoms with Crippen LogP contribution in [0.1, 0.15) is 70.8 Å². The van der Waals surface area contributed by atoms with Crippen molar-refractivity contribution in [1.82, 2.24) is 4.90 Å². The molecule has 1 saturated heterocycles. The number of hydrogen-bond acceptors (Lipinski definition) is 3. The molecule has 1 heterocycles. The first-order valence-corrected chi connectivity index (χ1v) is 11.7. The van der Waals surface area contributed by atoms with Crippen LogP contribution in [0.3, 0.4) is 0 Å². The van der Waals surface area contributed by atoms with E-state index >= 15 is 0 Å². The number of carbonyl (C=O) groups excluding carboxylic acids is 1. The molecule has 1 aliphatic heterocycles. The second-order valence-corrected chi connectivity index (χ2v) is 9.26. The summed E-state index contributed by atoms with van der Waals surface area (Å²) in [6.07, 6.45) is 9.54. The lowest BCUT2D eigenvalue weighted by Crippen LogP contribution is -2.42. The van der Waals surface area contributed by atoms with Crippen molar-refractivity contribution < 1.29 is 4.79 Å². The Balaban J connectivity index is 1.77. The fraction of sp³-hybridized carbons (Fsp3) is 0.667. The Morgan fingerprint density at radius 2 is 2.07 bits per heavy atom. The van der Waals surface area contributed by atoms with Gasteiger partial charge in [0.25, 0.3) is 0 Å². The first kappa shape index (κ1) is 22.0. The first-order chi connectivity index (χ1) is 14.0. The molecule has 1 aliphatic carbocycles. The number of anilines is 1. The maximum absolute atomic E-state index is 12.8. The highest BCUT2D eigenvalue weighted by molar-refractivity contribution is 6.32. The number of rotatable bonds is 7. The van der Waals surface area contributed by atoms with Gasteiger partial charge in [-0.2, -0.15) is 5.26 Å². The summed E-state index contributed by atoms with van der Waals surface area (Å²) in [5, 5.41) is 9.73. The molecule has 0 N–H and O–H groups in total. The Morgan fingerprint density at radius 3 is 2.72 bits per heavy atom. The topological polar surface area (TPSA) is 47.3 Å². The van der Waals surface area contributed by atoms with Gasteiger partial charge in [0.15, 0.2) is 0 Å². The van der Waals surface area contributed by atoms with Crippen molar-refractivity contribution in [2.24, 2.45) is 11.8 Å². The minimum Gasteiger partial charge on any atom is -0.366 e. The third-order valence-electron chi connectivity index (χ3n) is 6.64. The lowest BCUT2D eigenvalue weighted by Gasteiger charge is -2.36. The van der Waals surface area contributed by atoms with Gasteiger partial charge in [-0.25, -0.2) is 0 Å². The SMILES string of the molecule is CCCC(C)C(=O)N1CC[C@H](N(CC2CCCCC2)c2ccc(C#N)c(Cl)c2)C1. The Morgan fingerprint density at radius 1 is 1.31 bits per heavy atom. The van der Waals surface area contributed by atoms with E-state index in [9.17, 15) is 10.1 Å². The average molecular weight is 416 g/mol. The molecule has 1 aromatic rings. The van der Waals surface area contributed by atoms with E-state index in [1.54, 1.807) is 0 Å². The van der Waals surface area contributed by atoms with Crippen molar-refractivity contribution >= 4 is 23.2 Å². The highest BCUT2D eigenvalue weighted by Crippen LogP contribution is 2.32. The molecule has 1 saturated carbocycles. The number of amides is 1. The minimum atomic E-state index is 0.106. The molecular weight excluding hydrogens is 382 g/mol. The number of hydrogen-bond donors (Lipinski definition) is 0. The average Bonchev–Trinajstić information content (AvgIpc) is 3.22. The first-order valence-electron chi connectivity index (χ1n) is 11.3. The van der Waals surface area contributed by atoms with E-state index in [0.29, 0.717) is 28.5 Å². The van der Waals surface area contributed by atoms with Gasteiger partial charge in [0.05, 0.1) is 10.6 Å². The lowest BCUT2D eigenvalue weighted by atomic mass is 9.88. The highest BCUT2D eigenvalue weighted by atomic mass is 35.5. The predicted octanol–water partition coefficient (Wildman–Crippen LogP) is 5.64. The fourth-order valence-electron chi connectivity index (χ4n) is 4.95. The molecule has 1 amide bonds. The van der Waals surface area contributed by atoms with Crippen LogP contribution in [-0.2, 0) is 4.79 Å². The Bertz CT molecular complexity index is 738. The summed E-state index contributed by atoms with van der Waals surface area (Å²) in [7, 11) is 0. The third kappa shape index (κ3) is 5.45. The standard InChI is InChI=1S/C24H34ClN3O/c1-3-7-18(2)24(29)27-13-12-22(17-27)28(16-19-8-5-4-6-9-19)21-11-10-20(15-26)23(25)14-21/h10-11,14,18-19,22H,3-9,12-13,16-17H2,1-2H3/t18?,22-/m0/s1. The Kier molecular flexibility index (Phi) is 7.84. The third-order valence-corrected chi connectivity index (χ3v) is 6.96. The van der Waals surface area contributed by atoms with Crippen LogP contribution in [0.15, 0.2) is 18.2 Å². The molecule has 3 rings (SSSR count). The summed E-state index contributed by atoms with van der Waals surface area (Å²) in [6, 6.07) is 8.26. The van der Waals surface area contributed by atoms with Crippen LogP contribution in [0.2, 0.25) is 5.02 Å². The Labute approximate surface area is 180 Å². The molecule has 0 radical (unpaired) electrons. The van der Waals surface area contributed by atoms with Crippen molar-refractivity contribution in [1.29, 1.82) is 5.26 Å². The van der Waals surface area contributed by atoms with Gasteiger partial charge in [-0.15, -0.1) is 0 Å². The molecule has 0 bridgehead atoms. The van der Waals surface area contributed by atoms with Crippen LogP contribution in [0, 0.1) is 23.2 Å². The van der Waals surface area contributed by atoms with E-state index in [2.05, 4.69) is 29.7 Å². The maximum atomic E-state index is 12.8. The quantitative estimate of drug-likeness (QED) is 0.579. The summed E-state index contributed by atoms with van der Waals surface area (Å²) < 4.78 is 0. The molecule has 2 aliphatic rings. The van der Waals surface area contributed by atoms with E-state index < -0.39 is 0 Å². The summed E-state index contributed by atoms with van der Waals surface area (Å²) in [5.74, 6) is 1.10. The van der Waals surface area contributed by atoms with Gasteiger partial charge in [0.1, 0.15) is 6.07 Å². The molecule has 1 aromatic carbocycles. The minimum absolute atomic E-state index is 0.106. The number of likely N-dealkylation sites (tertiary alicyclic amines) is 1. The maximum Gasteiger partial charge on any atom is 0.225 e. The van der Waals surface area contributed by atoms with E-state index in [1.807, 2.05) is 18.2 Å². The van der Waals surface area contributed by atoms with Gasteiger partial charge in [0.2, 0.25) is 5.91 Å². The van der Waals surface area contributed by atoms with Gasteiger partial charge >= 0.3 is 0 Å². The van der Waals surface area contributed by atoms with Crippen LogP contribution in [0.5, 0.6) is 0 Å². The smallest absolute Gasteiger partial charge is 0.225 e. The highest BCUT2D eigenvalue weighted by Gasteiger charge is 2.33. The molecular formula is C24H34ClN3O. The predicted molar refractivity (Wildman–Crippen MR) is 119 cm³/mol. The zero-order chi connectivity index (χ0) is 20.8. The second-order valence-electron chi connectivity index (χ2n) is 8.85. The van der Waals surface area contributed by atoms with Gasteiger partial charge in [-0.3, -0.25) is 4.79 Å². The zero-order valence-electron chi connectivity index (χ0n) is 17.9. The van der Waals surface area contributed by atoms with Crippen LogP contribution >= 0.6 is 11.6 Å².